The molecule has 2 rings (SSSR count). The molecule has 0 spiro atoms. The van der Waals surface area contributed by atoms with E-state index in [9.17, 15) is 0 Å². The van der Waals surface area contributed by atoms with E-state index in [0.717, 1.165) is 5.56 Å². The first-order valence-corrected chi connectivity index (χ1v) is 5.37. The van der Waals surface area contributed by atoms with Crippen LogP contribution in [0.5, 0.6) is 0 Å². The Bertz CT molecular complexity index is 562. The van der Waals surface area contributed by atoms with Crippen LogP contribution in [0.25, 0.3) is 0 Å². The molecule has 4 nitrogen and oxygen atoms in total. The van der Waals surface area contributed by atoms with Crippen LogP contribution >= 0.6 is 11.6 Å². The molecule has 84 valence electrons. The van der Waals surface area contributed by atoms with Gasteiger partial charge in [0.05, 0.1) is 0 Å². The van der Waals surface area contributed by atoms with Gasteiger partial charge in [0.1, 0.15) is 6.07 Å². The maximum Gasteiger partial charge on any atom is 0.182 e. The molecule has 1 aromatic heterocycles. The number of nitrogens with one attached hydrogen (secondary N) is 1. The van der Waals surface area contributed by atoms with E-state index in [0.29, 0.717) is 17.4 Å². The van der Waals surface area contributed by atoms with Crippen molar-refractivity contribution in [2.24, 2.45) is 0 Å². The van der Waals surface area contributed by atoms with Crippen LogP contribution in [0.2, 0.25) is 5.02 Å². The van der Waals surface area contributed by atoms with Crippen molar-refractivity contribution < 1.29 is 0 Å². The monoisotopic (exact) mass is 244 g/mol. The van der Waals surface area contributed by atoms with E-state index in [4.69, 9.17) is 16.9 Å². The summed E-state index contributed by atoms with van der Waals surface area (Å²) in [5.41, 5.74) is 1.23. The summed E-state index contributed by atoms with van der Waals surface area (Å²) in [5, 5.41) is 12.6. The summed E-state index contributed by atoms with van der Waals surface area (Å²) >= 11 is 6.02. The fourth-order valence-corrected chi connectivity index (χ4v) is 1.57. The summed E-state index contributed by atoms with van der Waals surface area (Å²) < 4.78 is 0. The Balaban J connectivity index is 2.13. The quantitative estimate of drug-likeness (QED) is 0.902. The molecule has 1 N–H and O–H groups in total. The first kappa shape index (κ1) is 11.4. The van der Waals surface area contributed by atoms with E-state index in [1.807, 2.05) is 30.3 Å². The van der Waals surface area contributed by atoms with E-state index >= 15 is 0 Å². The lowest BCUT2D eigenvalue weighted by molar-refractivity contribution is 1.07. The molecule has 0 amide bonds. The maximum atomic E-state index is 8.85. The zero-order chi connectivity index (χ0) is 12.1. The lowest BCUT2D eigenvalue weighted by atomic mass is 10.2. The zero-order valence-corrected chi connectivity index (χ0v) is 9.65. The van der Waals surface area contributed by atoms with Gasteiger partial charge in [-0.15, -0.1) is 0 Å². The summed E-state index contributed by atoms with van der Waals surface area (Å²) in [5.74, 6) is 0.468. The minimum Gasteiger partial charge on any atom is -0.364 e. The molecular formula is C12H9ClN4. The van der Waals surface area contributed by atoms with E-state index in [-0.39, 0.29) is 5.69 Å². The van der Waals surface area contributed by atoms with Crippen LogP contribution in [-0.4, -0.2) is 9.97 Å². The van der Waals surface area contributed by atoms with Gasteiger partial charge in [-0.1, -0.05) is 29.8 Å². The molecule has 0 fully saturated rings. The van der Waals surface area contributed by atoms with Gasteiger partial charge >= 0.3 is 0 Å². The van der Waals surface area contributed by atoms with E-state index < -0.39 is 0 Å². The summed E-state index contributed by atoms with van der Waals surface area (Å²) in [6.45, 7) is 0.507. The second kappa shape index (κ2) is 5.28. The first-order valence-electron chi connectivity index (χ1n) is 4.99. The number of hydrogen-bond donors (Lipinski definition) is 1. The first-order chi connectivity index (χ1) is 8.31. The van der Waals surface area contributed by atoms with Gasteiger partial charge in [0.2, 0.25) is 0 Å². The van der Waals surface area contributed by atoms with Crippen LogP contribution in [-0.2, 0) is 6.54 Å². The van der Waals surface area contributed by atoms with Crippen molar-refractivity contribution in [1.29, 1.82) is 5.26 Å². The van der Waals surface area contributed by atoms with E-state index in [1.54, 1.807) is 0 Å². The van der Waals surface area contributed by atoms with Crippen LogP contribution in [0.15, 0.2) is 36.7 Å². The fraction of sp³-hybridized carbons (Fsp3) is 0.0833. The molecule has 17 heavy (non-hydrogen) atoms. The van der Waals surface area contributed by atoms with Crippen molar-refractivity contribution in [3.05, 3.63) is 52.9 Å². The van der Waals surface area contributed by atoms with E-state index in [2.05, 4.69) is 15.3 Å². The minimum atomic E-state index is 0.277. The number of nitrogens with zero attached hydrogens (tertiary/aromatic N) is 3. The van der Waals surface area contributed by atoms with Gasteiger partial charge in [-0.3, -0.25) is 0 Å². The SMILES string of the molecule is N#Cc1nccnc1NCc1ccccc1Cl. The Morgan fingerprint density at radius 3 is 2.76 bits per heavy atom. The van der Waals surface area contributed by atoms with Crippen LogP contribution < -0.4 is 5.32 Å². The molecule has 0 bridgehead atoms. The molecule has 0 aliphatic carbocycles. The molecule has 2 aromatic rings. The molecule has 0 unspecified atom stereocenters. The molecule has 1 aromatic carbocycles. The lowest BCUT2D eigenvalue weighted by Gasteiger charge is -2.07. The number of benzene rings is 1. The number of halogens is 1. The van der Waals surface area contributed by atoms with Gasteiger partial charge in [-0.25, -0.2) is 9.97 Å². The minimum absolute atomic E-state index is 0.277. The predicted molar refractivity (Wildman–Crippen MR) is 65.5 cm³/mol. The average Bonchev–Trinajstić information content (AvgIpc) is 2.38. The molecule has 1 heterocycles. The second-order valence-corrected chi connectivity index (χ2v) is 3.72. The summed E-state index contributed by atoms with van der Waals surface area (Å²) in [4.78, 5) is 7.97. The Hall–Kier alpha value is -2.12. The third kappa shape index (κ3) is 2.71. The zero-order valence-electron chi connectivity index (χ0n) is 8.89. The van der Waals surface area contributed by atoms with Gasteiger partial charge in [-0.05, 0) is 11.6 Å². The normalized spacial score (nSPS) is 9.65. The maximum absolute atomic E-state index is 8.85. The second-order valence-electron chi connectivity index (χ2n) is 3.31. The van der Waals surface area contributed by atoms with Crippen LogP contribution in [0.4, 0.5) is 5.82 Å². The number of aromatic nitrogens is 2. The third-order valence-electron chi connectivity index (χ3n) is 2.21. The molecule has 0 radical (unpaired) electrons. The Kier molecular flexibility index (Phi) is 3.53. The molecule has 0 saturated carbocycles. The Labute approximate surface area is 104 Å². The van der Waals surface area contributed by atoms with Gasteiger partial charge < -0.3 is 5.32 Å². The van der Waals surface area contributed by atoms with Crippen molar-refractivity contribution in [1.82, 2.24) is 9.97 Å². The van der Waals surface area contributed by atoms with Crippen LogP contribution in [0, 0.1) is 11.3 Å². The average molecular weight is 245 g/mol. The lowest BCUT2D eigenvalue weighted by Crippen LogP contribution is -2.04. The van der Waals surface area contributed by atoms with Crippen molar-refractivity contribution >= 4 is 17.4 Å². The largest absolute Gasteiger partial charge is 0.364 e. The van der Waals surface area contributed by atoms with Gasteiger partial charge in [-0.2, -0.15) is 5.26 Å². The van der Waals surface area contributed by atoms with Crippen molar-refractivity contribution in [3.63, 3.8) is 0 Å². The summed E-state index contributed by atoms with van der Waals surface area (Å²) in [6, 6.07) is 9.49. The van der Waals surface area contributed by atoms with Gasteiger partial charge in [0.25, 0.3) is 0 Å². The third-order valence-corrected chi connectivity index (χ3v) is 2.58. The molecule has 0 atom stereocenters. The predicted octanol–water partition coefficient (Wildman–Crippen LogP) is 2.61. The molecule has 0 aliphatic rings. The Morgan fingerprint density at radius 2 is 2.00 bits per heavy atom. The summed E-state index contributed by atoms with van der Waals surface area (Å²) in [7, 11) is 0. The van der Waals surface area contributed by atoms with Crippen molar-refractivity contribution in [2.45, 2.75) is 6.54 Å². The molecule has 0 saturated heterocycles. The highest BCUT2D eigenvalue weighted by molar-refractivity contribution is 6.31. The van der Waals surface area contributed by atoms with Crippen molar-refractivity contribution in [3.8, 4) is 6.07 Å². The standard InChI is InChI=1S/C12H9ClN4/c13-10-4-2-1-3-9(10)8-17-12-11(7-14)15-5-6-16-12/h1-6H,8H2,(H,16,17). The van der Waals surface area contributed by atoms with Gasteiger partial charge in [0, 0.05) is 24.0 Å². The van der Waals surface area contributed by atoms with E-state index in [1.165, 1.54) is 12.4 Å². The number of rotatable bonds is 3. The Morgan fingerprint density at radius 1 is 1.24 bits per heavy atom. The number of hydrogen-bond acceptors (Lipinski definition) is 4. The molecular weight excluding hydrogens is 236 g/mol. The highest BCUT2D eigenvalue weighted by Crippen LogP contribution is 2.16. The number of anilines is 1. The van der Waals surface area contributed by atoms with Crippen molar-refractivity contribution in [2.75, 3.05) is 5.32 Å². The fourth-order valence-electron chi connectivity index (χ4n) is 1.37. The molecule has 5 heteroatoms. The smallest absolute Gasteiger partial charge is 0.182 e. The molecule has 0 aliphatic heterocycles. The van der Waals surface area contributed by atoms with Crippen LogP contribution in [0.3, 0.4) is 0 Å². The highest BCUT2D eigenvalue weighted by Gasteiger charge is 2.04. The van der Waals surface area contributed by atoms with Gasteiger partial charge in [0.15, 0.2) is 11.5 Å². The highest BCUT2D eigenvalue weighted by atomic mass is 35.5. The summed E-state index contributed by atoms with van der Waals surface area (Å²) in [6.07, 6.45) is 3.02. The van der Waals surface area contributed by atoms with Crippen LogP contribution in [0.1, 0.15) is 11.3 Å². The topological polar surface area (TPSA) is 61.6 Å². The number of nitriles is 1.